The summed E-state index contributed by atoms with van der Waals surface area (Å²) in [5.41, 5.74) is 0. The fourth-order valence-corrected chi connectivity index (χ4v) is 6.29. The van der Waals surface area contributed by atoms with Crippen LogP contribution in [0.5, 0.6) is 0 Å². The monoisotopic (exact) mass is 821 g/mol. The molecule has 0 aromatic carbocycles. The van der Waals surface area contributed by atoms with Crippen LogP contribution in [-0.4, -0.2) is 37.2 Å². The molecule has 0 spiro atoms. The van der Waals surface area contributed by atoms with Crippen molar-refractivity contribution in [3.63, 3.8) is 0 Å². The zero-order chi connectivity index (χ0) is 43.0. The van der Waals surface area contributed by atoms with E-state index in [1.807, 2.05) is 0 Å². The Balaban J connectivity index is 4.49. The molecule has 0 aliphatic rings. The van der Waals surface area contributed by atoms with Gasteiger partial charge in [-0.3, -0.25) is 14.4 Å². The summed E-state index contributed by atoms with van der Waals surface area (Å²) in [6.07, 6.45) is 59.9. The van der Waals surface area contributed by atoms with E-state index in [0.29, 0.717) is 19.3 Å². The summed E-state index contributed by atoms with van der Waals surface area (Å²) in [7, 11) is 0. The van der Waals surface area contributed by atoms with E-state index in [4.69, 9.17) is 14.2 Å². The molecule has 0 radical (unpaired) electrons. The van der Waals surface area contributed by atoms with Crippen molar-refractivity contribution in [2.75, 3.05) is 13.2 Å². The molecule has 0 amide bonds. The van der Waals surface area contributed by atoms with Gasteiger partial charge in [0.05, 0.1) is 0 Å². The number of ether oxygens (including phenoxy) is 3. The van der Waals surface area contributed by atoms with E-state index in [9.17, 15) is 14.4 Å². The first kappa shape index (κ1) is 55.6. The third kappa shape index (κ3) is 45.5. The van der Waals surface area contributed by atoms with Crippen LogP contribution >= 0.6 is 0 Å². The second kappa shape index (κ2) is 47.3. The molecule has 0 bridgehead atoms. The van der Waals surface area contributed by atoms with Gasteiger partial charge in [0.1, 0.15) is 13.2 Å². The van der Waals surface area contributed by atoms with Gasteiger partial charge in [0.25, 0.3) is 0 Å². The lowest BCUT2D eigenvalue weighted by Gasteiger charge is -2.18. The molecule has 0 saturated heterocycles. The van der Waals surface area contributed by atoms with Gasteiger partial charge < -0.3 is 14.2 Å². The SMILES string of the molecule is CC/C=C\C/C=C\C/C=C\CCCCCCC(=O)OCC(COC(=O)CCCCC/C=C\CCCCCCCC)OC(=O)CCCCCC/C=C\C/C=C\C/C=C\CC. The minimum Gasteiger partial charge on any atom is -0.462 e. The van der Waals surface area contributed by atoms with Crippen molar-refractivity contribution < 1.29 is 28.6 Å². The lowest BCUT2D eigenvalue weighted by Crippen LogP contribution is -2.30. The average Bonchev–Trinajstić information content (AvgIpc) is 3.23. The van der Waals surface area contributed by atoms with Crippen molar-refractivity contribution in [1.82, 2.24) is 0 Å². The fourth-order valence-electron chi connectivity index (χ4n) is 6.29. The van der Waals surface area contributed by atoms with Crippen molar-refractivity contribution in [3.05, 3.63) is 85.1 Å². The van der Waals surface area contributed by atoms with Gasteiger partial charge in [-0.05, 0) is 109 Å². The molecule has 6 nitrogen and oxygen atoms in total. The van der Waals surface area contributed by atoms with E-state index in [2.05, 4.69) is 106 Å². The van der Waals surface area contributed by atoms with Crippen molar-refractivity contribution in [2.45, 2.75) is 219 Å². The van der Waals surface area contributed by atoms with E-state index in [1.165, 1.54) is 38.5 Å². The van der Waals surface area contributed by atoms with Crippen molar-refractivity contribution in [2.24, 2.45) is 0 Å². The number of carbonyl (C=O) groups is 3. The molecule has 0 aliphatic heterocycles. The zero-order valence-corrected chi connectivity index (χ0v) is 38.2. The van der Waals surface area contributed by atoms with Gasteiger partial charge in [-0.2, -0.15) is 0 Å². The summed E-state index contributed by atoms with van der Waals surface area (Å²) >= 11 is 0. The van der Waals surface area contributed by atoms with Gasteiger partial charge >= 0.3 is 17.9 Å². The summed E-state index contributed by atoms with van der Waals surface area (Å²) in [5.74, 6) is -0.967. The fraction of sp³-hybridized carbons (Fsp3) is 0.679. The molecule has 0 aromatic heterocycles. The quantitative estimate of drug-likeness (QED) is 0.0264. The van der Waals surface area contributed by atoms with Gasteiger partial charge in [0, 0.05) is 19.3 Å². The van der Waals surface area contributed by atoms with E-state index in [1.54, 1.807) is 0 Å². The smallest absolute Gasteiger partial charge is 0.306 e. The molecule has 59 heavy (non-hydrogen) atoms. The minimum atomic E-state index is -0.802. The van der Waals surface area contributed by atoms with E-state index >= 15 is 0 Å². The van der Waals surface area contributed by atoms with Gasteiger partial charge in [-0.15, -0.1) is 0 Å². The van der Waals surface area contributed by atoms with Crippen LogP contribution in [0.15, 0.2) is 85.1 Å². The van der Waals surface area contributed by atoms with Crippen LogP contribution in [0.2, 0.25) is 0 Å². The number of unbranched alkanes of at least 4 members (excludes halogenated alkanes) is 17. The number of esters is 3. The predicted molar refractivity (Wildman–Crippen MR) is 251 cm³/mol. The molecule has 0 fully saturated rings. The summed E-state index contributed by atoms with van der Waals surface area (Å²) in [6, 6.07) is 0. The maximum atomic E-state index is 12.7. The average molecular weight is 821 g/mol. The van der Waals surface area contributed by atoms with Crippen LogP contribution in [0.3, 0.4) is 0 Å². The largest absolute Gasteiger partial charge is 0.462 e. The van der Waals surface area contributed by atoms with Gasteiger partial charge in [0.2, 0.25) is 0 Å². The molecule has 0 heterocycles. The van der Waals surface area contributed by atoms with Gasteiger partial charge in [-0.1, -0.05) is 170 Å². The number of allylic oxidation sites excluding steroid dienone is 14. The number of hydrogen-bond donors (Lipinski definition) is 0. The van der Waals surface area contributed by atoms with Crippen molar-refractivity contribution >= 4 is 17.9 Å². The maximum absolute atomic E-state index is 12.7. The van der Waals surface area contributed by atoms with Crippen LogP contribution in [0.4, 0.5) is 0 Å². The molecular formula is C53H88O6. The Kier molecular flexibility index (Phi) is 44.5. The summed E-state index contributed by atoms with van der Waals surface area (Å²) < 4.78 is 16.7. The minimum absolute atomic E-state index is 0.102. The lowest BCUT2D eigenvalue weighted by atomic mass is 10.1. The summed E-state index contributed by atoms with van der Waals surface area (Å²) in [4.78, 5) is 37.8. The zero-order valence-electron chi connectivity index (χ0n) is 38.2. The van der Waals surface area contributed by atoms with E-state index in [0.717, 1.165) is 135 Å². The third-order valence-electron chi connectivity index (χ3n) is 9.86. The molecule has 0 N–H and O–H groups in total. The van der Waals surface area contributed by atoms with Crippen LogP contribution in [0, 0.1) is 0 Å². The van der Waals surface area contributed by atoms with Crippen LogP contribution < -0.4 is 0 Å². The number of hydrogen-bond acceptors (Lipinski definition) is 6. The molecule has 336 valence electrons. The van der Waals surface area contributed by atoms with Crippen LogP contribution in [-0.2, 0) is 28.6 Å². The Hall–Kier alpha value is -3.41. The normalized spacial score (nSPS) is 12.8. The summed E-state index contributed by atoms with van der Waals surface area (Å²) in [6.45, 7) is 6.33. The van der Waals surface area contributed by atoms with Gasteiger partial charge in [0.15, 0.2) is 6.10 Å². The Bertz CT molecular complexity index is 1170. The molecule has 6 heteroatoms. The first-order valence-corrected chi connectivity index (χ1v) is 24.1. The molecular weight excluding hydrogens is 733 g/mol. The highest BCUT2D eigenvalue weighted by Crippen LogP contribution is 2.12. The molecule has 1 atom stereocenters. The van der Waals surface area contributed by atoms with Gasteiger partial charge in [-0.25, -0.2) is 0 Å². The summed E-state index contributed by atoms with van der Waals surface area (Å²) in [5, 5.41) is 0. The highest BCUT2D eigenvalue weighted by atomic mass is 16.6. The topological polar surface area (TPSA) is 78.9 Å². The highest BCUT2D eigenvalue weighted by molar-refractivity contribution is 5.71. The molecule has 0 aliphatic carbocycles. The first-order valence-electron chi connectivity index (χ1n) is 24.1. The van der Waals surface area contributed by atoms with Crippen LogP contribution in [0.25, 0.3) is 0 Å². The lowest BCUT2D eigenvalue weighted by molar-refractivity contribution is -0.167. The Morgan fingerprint density at radius 3 is 1.07 bits per heavy atom. The Morgan fingerprint density at radius 2 is 0.661 bits per heavy atom. The van der Waals surface area contributed by atoms with E-state index in [-0.39, 0.29) is 31.1 Å². The van der Waals surface area contributed by atoms with Crippen LogP contribution in [0.1, 0.15) is 213 Å². The Morgan fingerprint density at radius 1 is 0.356 bits per heavy atom. The number of rotatable bonds is 42. The van der Waals surface area contributed by atoms with Crippen molar-refractivity contribution in [1.29, 1.82) is 0 Å². The number of carbonyl (C=O) groups excluding carboxylic acids is 3. The second-order valence-electron chi connectivity index (χ2n) is 15.6. The highest BCUT2D eigenvalue weighted by Gasteiger charge is 2.19. The van der Waals surface area contributed by atoms with Crippen molar-refractivity contribution in [3.8, 4) is 0 Å². The first-order chi connectivity index (χ1) is 29.0. The molecule has 0 saturated carbocycles. The standard InChI is InChI=1S/C53H88O6/c1-4-7-10-13-16-19-22-25-28-31-34-37-40-43-46-52(55)58-49-50(48-57-51(54)45-42-39-36-33-30-27-24-21-18-15-12-9-6-3)59-53(56)47-44-41-38-35-32-29-26-23-20-17-14-11-8-5-2/h7-8,10-11,16-17,19-20,25-30,50H,4-6,9,12-15,18,21-24,31-49H2,1-3H3/b10-7-,11-8-,19-16-,20-17-,28-25-,29-26-,30-27-. The predicted octanol–water partition coefficient (Wildman–Crippen LogP) is 15.6. The molecule has 1 unspecified atom stereocenters. The maximum Gasteiger partial charge on any atom is 0.306 e. The second-order valence-corrected chi connectivity index (χ2v) is 15.6. The van der Waals surface area contributed by atoms with E-state index < -0.39 is 6.10 Å². The third-order valence-corrected chi connectivity index (χ3v) is 9.86. The Labute approximate surface area is 363 Å². The molecule has 0 rings (SSSR count). The molecule has 0 aromatic rings.